The molecule has 2 aromatic carbocycles. The Labute approximate surface area is 186 Å². The molecule has 166 valence electrons. The molecule has 2 aliphatic heterocycles. The molecule has 0 bridgehead atoms. The van der Waals surface area contributed by atoms with E-state index >= 15 is 0 Å². The molecule has 0 aliphatic carbocycles. The average Bonchev–Trinajstić information content (AvgIpc) is 2.84. The molecule has 10 heteroatoms. The van der Waals surface area contributed by atoms with Crippen LogP contribution in [0.1, 0.15) is 0 Å². The molecule has 0 amide bonds. The Hall–Kier alpha value is -3.37. The van der Waals surface area contributed by atoms with E-state index in [0.29, 0.717) is 49.3 Å². The van der Waals surface area contributed by atoms with Gasteiger partial charge in [0.05, 0.1) is 23.8 Å². The van der Waals surface area contributed by atoms with Crippen molar-refractivity contribution >= 4 is 21.5 Å². The van der Waals surface area contributed by atoms with Crippen molar-refractivity contribution in [2.75, 3.05) is 49.1 Å². The van der Waals surface area contributed by atoms with Crippen molar-refractivity contribution in [3.05, 3.63) is 54.6 Å². The number of nitrogens with zero attached hydrogens (tertiary/aromatic N) is 3. The van der Waals surface area contributed by atoms with Crippen LogP contribution in [0, 0.1) is 0 Å². The lowest BCUT2D eigenvalue weighted by atomic mass is 10.1. The Kier molecular flexibility index (Phi) is 5.54. The number of ether oxygens (including phenoxy) is 3. The third kappa shape index (κ3) is 4.32. The molecule has 0 spiro atoms. The number of anilines is 2. The smallest absolute Gasteiger partial charge is 0.262 e. The monoisotopic (exact) mass is 454 g/mol. The third-order valence-corrected chi connectivity index (χ3v) is 6.60. The molecule has 1 fully saturated rings. The normalized spacial score (nSPS) is 15.9. The molecule has 32 heavy (non-hydrogen) atoms. The van der Waals surface area contributed by atoms with Crippen LogP contribution in [-0.2, 0) is 14.8 Å². The number of fused-ring (bicyclic) bond motifs is 1. The first-order valence-electron chi connectivity index (χ1n) is 10.3. The van der Waals surface area contributed by atoms with Gasteiger partial charge < -0.3 is 19.1 Å². The van der Waals surface area contributed by atoms with E-state index in [1.807, 2.05) is 18.2 Å². The van der Waals surface area contributed by atoms with Gasteiger partial charge in [-0.15, -0.1) is 10.2 Å². The topological polar surface area (TPSA) is 103 Å². The van der Waals surface area contributed by atoms with Crippen LogP contribution in [0.15, 0.2) is 59.5 Å². The summed E-state index contributed by atoms with van der Waals surface area (Å²) in [6, 6.07) is 15.4. The number of nitrogens with one attached hydrogen (secondary N) is 1. The highest BCUT2D eigenvalue weighted by Gasteiger charge is 2.20. The molecular weight excluding hydrogens is 432 g/mol. The summed E-state index contributed by atoms with van der Waals surface area (Å²) in [6.45, 7) is 3.75. The highest BCUT2D eigenvalue weighted by atomic mass is 32.2. The van der Waals surface area contributed by atoms with E-state index in [1.165, 1.54) is 12.1 Å². The molecule has 1 saturated heterocycles. The summed E-state index contributed by atoms with van der Waals surface area (Å²) in [5.74, 6) is 1.76. The molecule has 0 saturated carbocycles. The second kappa shape index (κ2) is 8.64. The van der Waals surface area contributed by atoms with Crippen LogP contribution in [0.25, 0.3) is 11.3 Å². The van der Waals surface area contributed by atoms with E-state index in [4.69, 9.17) is 14.2 Å². The molecular formula is C22H22N4O5S. The van der Waals surface area contributed by atoms with Crippen molar-refractivity contribution in [2.45, 2.75) is 4.90 Å². The predicted molar refractivity (Wildman–Crippen MR) is 119 cm³/mol. The molecule has 2 aliphatic rings. The Balaban J connectivity index is 1.35. The lowest BCUT2D eigenvalue weighted by molar-refractivity contribution is 0.122. The van der Waals surface area contributed by atoms with Gasteiger partial charge >= 0.3 is 0 Å². The van der Waals surface area contributed by atoms with E-state index in [0.717, 1.165) is 24.5 Å². The van der Waals surface area contributed by atoms with Crippen molar-refractivity contribution in [3.63, 3.8) is 0 Å². The van der Waals surface area contributed by atoms with Crippen molar-refractivity contribution in [1.29, 1.82) is 0 Å². The molecule has 0 atom stereocenters. The summed E-state index contributed by atoms with van der Waals surface area (Å²) < 4.78 is 44.8. The summed E-state index contributed by atoms with van der Waals surface area (Å²) in [5.41, 5.74) is 1.84. The van der Waals surface area contributed by atoms with Crippen LogP contribution >= 0.6 is 0 Å². The number of rotatable bonds is 5. The number of sulfonamides is 1. The Morgan fingerprint density at radius 1 is 0.844 bits per heavy atom. The number of morpholine rings is 1. The van der Waals surface area contributed by atoms with Gasteiger partial charge in [-0.2, -0.15) is 0 Å². The maximum atomic E-state index is 12.9. The Bertz CT molecular complexity index is 1210. The van der Waals surface area contributed by atoms with Gasteiger partial charge in [-0.3, -0.25) is 4.72 Å². The van der Waals surface area contributed by atoms with E-state index in [1.54, 1.807) is 24.3 Å². The van der Waals surface area contributed by atoms with Crippen LogP contribution in [0.5, 0.6) is 11.5 Å². The number of aromatic nitrogens is 2. The van der Waals surface area contributed by atoms with Gasteiger partial charge in [-0.05, 0) is 36.4 Å². The van der Waals surface area contributed by atoms with Crippen molar-refractivity contribution in [2.24, 2.45) is 0 Å². The van der Waals surface area contributed by atoms with Crippen molar-refractivity contribution < 1.29 is 22.6 Å². The summed E-state index contributed by atoms with van der Waals surface area (Å²) in [6.07, 6.45) is 0. The Morgan fingerprint density at radius 3 is 2.44 bits per heavy atom. The first-order chi connectivity index (χ1) is 15.6. The van der Waals surface area contributed by atoms with Gasteiger partial charge in [0.1, 0.15) is 13.2 Å². The lowest BCUT2D eigenvalue weighted by Gasteiger charge is -2.27. The SMILES string of the molecule is O=S(=O)(Nc1cccc(-c2ccc(N3CCOCC3)nn2)c1)c1ccc2c(c1)OCCO2. The standard InChI is InChI=1S/C22H22N4O5S/c27-32(28,18-4-6-20-21(15-18)31-13-12-30-20)25-17-3-1-2-16(14-17)19-5-7-22(24-23-19)26-8-10-29-11-9-26/h1-7,14-15,25H,8-13H2. The summed E-state index contributed by atoms with van der Waals surface area (Å²) in [7, 11) is -3.81. The van der Waals surface area contributed by atoms with Crippen molar-refractivity contribution in [1.82, 2.24) is 10.2 Å². The predicted octanol–water partition coefficient (Wildman–Crippen LogP) is 2.55. The van der Waals surface area contributed by atoms with E-state index in [2.05, 4.69) is 19.8 Å². The minimum absolute atomic E-state index is 0.0989. The van der Waals surface area contributed by atoms with E-state index in [9.17, 15) is 8.42 Å². The minimum atomic E-state index is -3.81. The van der Waals surface area contributed by atoms with E-state index < -0.39 is 10.0 Å². The van der Waals surface area contributed by atoms with E-state index in [-0.39, 0.29) is 4.90 Å². The van der Waals surface area contributed by atoms with Gasteiger partial charge in [0, 0.05) is 30.4 Å². The molecule has 0 radical (unpaired) electrons. The first-order valence-corrected chi connectivity index (χ1v) is 11.8. The lowest BCUT2D eigenvalue weighted by Crippen LogP contribution is -2.36. The van der Waals surface area contributed by atoms with Crippen molar-refractivity contribution in [3.8, 4) is 22.8 Å². The highest BCUT2D eigenvalue weighted by Crippen LogP contribution is 2.33. The van der Waals surface area contributed by atoms with Crippen LogP contribution in [0.2, 0.25) is 0 Å². The first kappa shape index (κ1) is 20.5. The molecule has 9 nitrogen and oxygen atoms in total. The molecule has 0 unspecified atom stereocenters. The number of hydrogen-bond donors (Lipinski definition) is 1. The second-order valence-electron chi connectivity index (χ2n) is 7.37. The molecule has 3 aromatic rings. The van der Waals surface area contributed by atoms with Crippen LogP contribution < -0.4 is 19.1 Å². The van der Waals surface area contributed by atoms with Crippen LogP contribution in [0.4, 0.5) is 11.5 Å². The van der Waals surface area contributed by atoms with Gasteiger partial charge in [0.2, 0.25) is 0 Å². The average molecular weight is 455 g/mol. The van der Waals surface area contributed by atoms with Crippen LogP contribution in [-0.4, -0.2) is 58.1 Å². The zero-order valence-corrected chi connectivity index (χ0v) is 18.0. The fourth-order valence-corrected chi connectivity index (χ4v) is 4.65. The number of benzene rings is 2. The largest absolute Gasteiger partial charge is 0.486 e. The maximum absolute atomic E-state index is 12.9. The third-order valence-electron chi connectivity index (χ3n) is 5.22. The summed E-state index contributed by atoms with van der Waals surface area (Å²) in [5, 5.41) is 8.66. The molecule has 3 heterocycles. The highest BCUT2D eigenvalue weighted by molar-refractivity contribution is 7.92. The minimum Gasteiger partial charge on any atom is -0.486 e. The quantitative estimate of drug-likeness (QED) is 0.628. The van der Waals surface area contributed by atoms with Crippen LogP contribution in [0.3, 0.4) is 0 Å². The zero-order valence-electron chi connectivity index (χ0n) is 17.2. The summed E-state index contributed by atoms with van der Waals surface area (Å²) >= 11 is 0. The van der Waals surface area contributed by atoms with Gasteiger partial charge in [-0.1, -0.05) is 12.1 Å². The molecule has 1 N–H and O–H groups in total. The van der Waals surface area contributed by atoms with Gasteiger partial charge in [-0.25, -0.2) is 8.42 Å². The second-order valence-corrected chi connectivity index (χ2v) is 9.05. The summed E-state index contributed by atoms with van der Waals surface area (Å²) in [4.78, 5) is 2.22. The Morgan fingerprint density at radius 2 is 1.66 bits per heavy atom. The molecule has 1 aromatic heterocycles. The molecule has 5 rings (SSSR count). The van der Waals surface area contributed by atoms with Gasteiger partial charge in [0.15, 0.2) is 17.3 Å². The fraction of sp³-hybridized carbons (Fsp3) is 0.273. The van der Waals surface area contributed by atoms with Gasteiger partial charge in [0.25, 0.3) is 10.0 Å². The maximum Gasteiger partial charge on any atom is 0.262 e. The zero-order chi connectivity index (χ0) is 22.0. The fourth-order valence-electron chi connectivity index (χ4n) is 3.59. The number of hydrogen-bond acceptors (Lipinski definition) is 8.